The minimum Gasteiger partial charge on any atom is -0.491 e. The van der Waals surface area contributed by atoms with Gasteiger partial charge in [-0.2, -0.15) is 0 Å². The fourth-order valence-corrected chi connectivity index (χ4v) is 1.49. The molecule has 0 bridgehead atoms. The Kier molecular flexibility index (Phi) is 6.61. The number of hydrogen-bond donors (Lipinski definition) is 2. The zero-order chi connectivity index (χ0) is 15.8. The zero-order valence-electron chi connectivity index (χ0n) is 12.0. The smallest absolute Gasteiger partial charge is 0.319 e. The number of rotatable bonds is 7. The fraction of sp³-hybridized carbons (Fsp3) is 0.357. The third-order valence-electron chi connectivity index (χ3n) is 2.34. The molecule has 0 spiro atoms. The van der Waals surface area contributed by atoms with E-state index in [0.29, 0.717) is 13.2 Å². The molecule has 0 unspecified atom stereocenters. The number of urea groups is 1. The van der Waals surface area contributed by atoms with Crippen molar-refractivity contribution in [2.75, 3.05) is 32.2 Å². The Morgan fingerprint density at radius 1 is 1.33 bits per heavy atom. The van der Waals surface area contributed by atoms with Gasteiger partial charge in [0.05, 0.1) is 20.3 Å². The average Bonchev–Trinajstić information content (AvgIpc) is 2.37. The van der Waals surface area contributed by atoms with Crippen molar-refractivity contribution in [1.29, 1.82) is 0 Å². The molecule has 0 fully saturated rings. The first-order valence-corrected chi connectivity index (χ1v) is 6.24. The predicted molar refractivity (Wildman–Crippen MR) is 75.6 cm³/mol. The summed E-state index contributed by atoms with van der Waals surface area (Å²) >= 11 is 0. The molecule has 2 amide bonds. The lowest BCUT2D eigenvalue weighted by Crippen LogP contribution is -2.31. The molecule has 0 saturated heterocycles. The number of nitrogens with one attached hydrogen (secondary N) is 2. The van der Waals surface area contributed by atoms with E-state index in [2.05, 4.69) is 21.9 Å². The highest BCUT2D eigenvalue weighted by Crippen LogP contribution is 2.25. The van der Waals surface area contributed by atoms with Gasteiger partial charge in [0.25, 0.3) is 0 Å². The normalized spacial score (nSPS) is 10.1. The van der Waals surface area contributed by atoms with E-state index in [9.17, 15) is 13.6 Å². The highest BCUT2D eigenvalue weighted by Gasteiger charge is 2.12. The van der Waals surface area contributed by atoms with Crippen LogP contribution in [0.15, 0.2) is 24.3 Å². The van der Waals surface area contributed by atoms with E-state index < -0.39 is 23.4 Å². The highest BCUT2D eigenvalue weighted by molar-refractivity contribution is 5.89. The van der Waals surface area contributed by atoms with Crippen LogP contribution in [-0.4, -0.2) is 32.9 Å². The Labute approximate surface area is 121 Å². The van der Waals surface area contributed by atoms with Crippen molar-refractivity contribution < 1.29 is 23.0 Å². The van der Waals surface area contributed by atoms with Gasteiger partial charge in [0.15, 0.2) is 17.4 Å². The Balaban J connectivity index is 2.43. The predicted octanol–water partition coefficient (Wildman–Crippen LogP) is 2.69. The molecular weight excluding hydrogens is 282 g/mol. The number of methoxy groups -OCH3 is 1. The van der Waals surface area contributed by atoms with Crippen LogP contribution in [0.25, 0.3) is 0 Å². The Hall–Kier alpha value is -2.15. The average molecular weight is 300 g/mol. The van der Waals surface area contributed by atoms with Crippen molar-refractivity contribution in [3.63, 3.8) is 0 Å². The first-order chi connectivity index (χ1) is 9.93. The molecule has 1 aromatic carbocycles. The monoisotopic (exact) mass is 300 g/mol. The first kappa shape index (κ1) is 16.9. The van der Waals surface area contributed by atoms with E-state index in [1.54, 1.807) is 0 Å². The third kappa shape index (κ3) is 5.78. The van der Waals surface area contributed by atoms with Gasteiger partial charge in [-0.25, -0.2) is 13.6 Å². The van der Waals surface area contributed by atoms with Crippen molar-refractivity contribution >= 4 is 11.7 Å². The number of ether oxygens (including phenoxy) is 2. The number of amides is 2. The molecule has 0 radical (unpaired) electrons. The molecule has 7 heteroatoms. The molecule has 0 aliphatic heterocycles. The summed E-state index contributed by atoms with van der Waals surface area (Å²) in [7, 11) is 1.16. The van der Waals surface area contributed by atoms with E-state index >= 15 is 0 Å². The fourth-order valence-electron chi connectivity index (χ4n) is 1.49. The Bertz CT molecular complexity index is 498. The van der Waals surface area contributed by atoms with Gasteiger partial charge in [0.1, 0.15) is 0 Å². The summed E-state index contributed by atoms with van der Waals surface area (Å²) in [5.74, 6) is -2.27. The van der Waals surface area contributed by atoms with Gasteiger partial charge in [-0.1, -0.05) is 12.2 Å². The lowest BCUT2D eigenvalue weighted by atomic mass is 10.2. The number of benzene rings is 1. The summed E-state index contributed by atoms with van der Waals surface area (Å²) in [5.41, 5.74) is 0.870. The van der Waals surface area contributed by atoms with Gasteiger partial charge in [-0.15, -0.1) is 0 Å². The van der Waals surface area contributed by atoms with Crippen LogP contribution in [-0.2, 0) is 4.74 Å². The van der Waals surface area contributed by atoms with E-state index in [-0.39, 0.29) is 12.2 Å². The summed E-state index contributed by atoms with van der Waals surface area (Å²) in [5, 5.41) is 4.81. The lowest BCUT2D eigenvalue weighted by molar-refractivity contribution is 0.159. The molecule has 0 aliphatic rings. The summed E-state index contributed by atoms with van der Waals surface area (Å²) in [6, 6.07) is 1.36. The molecule has 0 atom stereocenters. The molecule has 0 saturated carbocycles. The maximum atomic E-state index is 13.4. The number of anilines is 1. The molecule has 0 aliphatic carbocycles. The topological polar surface area (TPSA) is 59.6 Å². The maximum absolute atomic E-state index is 13.4. The van der Waals surface area contributed by atoms with Gasteiger partial charge in [0, 0.05) is 24.4 Å². The summed E-state index contributed by atoms with van der Waals surface area (Å²) in [4.78, 5) is 11.5. The molecular formula is C14H18F2N2O3. The van der Waals surface area contributed by atoms with Gasteiger partial charge in [0.2, 0.25) is 0 Å². The third-order valence-corrected chi connectivity index (χ3v) is 2.34. The maximum Gasteiger partial charge on any atom is 0.319 e. The second-order valence-electron chi connectivity index (χ2n) is 4.36. The highest BCUT2D eigenvalue weighted by atomic mass is 19.1. The van der Waals surface area contributed by atoms with Crippen LogP contribution in [0.5, 0.6) is 5.75 Å². The van der Waals surface area contributed by atoms with Crippen LogP contribution in [0.1, 0.15) is 6.92 Å². The largest absolute Gasteiger partial charge is 0.491 e. The van der Waals surface area contributed by atoms with Crippen LogP contribution in [0.4, 0.5) is 19.3 Å². The number of hydrogen-bond acceptors (Lipinski definition) is 3. The van der Waals surface area contributed by atoms with Crippen molar-refractivity contribution in [3.05, 3.63) is 35.9 Å². The van der Waals surface area contributed by atoms with Crippen molar-refractivity contribution in [1.82, 2.24) is 5.32 Å². The summed E-state index contributed by atoms with van der Waals surface area (Å²) in [6.07, 6.45) is 0. The number of carbonyl (C=O) groups is 1. The molecule has 5 nitrogen and oxygen atoms in total. The molecule has 2 N–H and O–H groups in total. The second kappa shape index (κ2) is 8.21. The standard InChI is InChI=1S/C14H18F2N2O3/c1-9(2)8-21-5-4-17-14(19)18-10-6-11(15)13(20-3)12(16)7-10/h6-7H,1,4-5,8H2,2-3H3,(H2,17,18,19). The second-order valence-corrected chi connectivity index (χ2v) is 4.36. The number of carbonyl (C=O) groups excluding carboxylic acids is 1. The van der Waals surface area contributed by atoms with E-state index in [4.69, 9.17) is 4.74 Å². The minimum absolute atomic E-state index is 0.00819. The molecule has 0 aromatic heterocycles. The van der Waals surface area contributed by atoms with E-state index in [0.717, 1.165) is 24.8 Å². The Morgan fingerprint density at radius 3 is 2.48 bits per heavy atom. The quantitative estimate of drug-likeness (QED) is 0.601. The minimum atomic E-state index is -0.891. The van der Waals surface area contributed by atoms with Crippen molar-refractivity contribution in [3.8, 4) is 5.75 Å². The van der Waals surface area contributed by atoms with Gasteiger partial charge in [-0.05, 0) is 6.92 Å². The van der Waals surface area contributed by atoms with E-state index in [1.807, 2.05) is 6.92 Å². The summed E-state index contributed by atoms with van der Waals surface area (Å²) in [6.45, 7) is 6.48. The molecule has 0 heterocycles. The molecule has 116 valence electrons. The van der Waals surface area contributed by atoms with Crippen LogP contribution < -0.4 is 15.4 Å². The van der Waals surface area contributed by atoms with Crippen LogP contribution in [0.3, 0.4) is 0 Å². The van der Waals surface area contributed by atoms with E-state index in [1.165, 1.54) is 0 Å². The van der Waals surface area contributed by atoms with Crippen molar-refractivity contribution in [2.45, 2.75) is 6.92 Å². The summed E-state index contributed by atoms with van der Waals surface area (Å²) < 4.78 is 36.6. The van der Waals surface area contributed by atoms with Crippen LogP contribution in [0.2, 0.25) is 0 Å². The number of halogens is 2. The Morgan fingerprint density at radius 2 is 1.95 bits per heavy atom. The zero-order valence-corrected chi connectivity index (χ0v) is 12.0. The molecule has 21 heavy (non-hydrogen) atoms. The van der Waals surface area contributed by atoms with Crippen LogP contribution in [0, 0.1) is 11.6 Å². The van der Waals surface area contributed by atoms with Gasteiger partial charge >= 0.3 is 6.03 Å². The lowest BCUT2D eigenvalue weighted by Gasteiger charge is -2.10. The van der Waals surface area contributed by atoms with Gasteiger partial charge < -0.3 is 20.1 Å². The van der Waals surface area contributed by atoms with Crippen molar-refractivity contribution in [2.24, 2.45) is 0 Å². The molecule has 1 rings (SSSR count). The van der Waals surface area contributed by atoms with Crippen LogP contribution >= 0.6 is 0 Å². The van der Waals surface area contributed by atoms with Gasteiger partial charge in [-0.3, -0.25) is 0 Å². The first-order valence-electron chi connectivity index (χ1n) is 6.24. The SMILES string of the molecule is C=C(C)COCCNC(=O)Nc1cc(F)c(OC)c(F)c1. The molecule has 1 aromatic rings.